The second-order valence-corrected chi connectivity index (χ2v) is 5.99. The number of ether oxygens (including phenoxy) is 3. The van der Waals surface area contributed by atoms with Gasteiger partial charge in [-0.05, 0) is 44.4 Å². The Hall–Kier alpha value is -2.75. The first-order valence-corrected chi connectivity index (χ1v) is 8.62. The number of carbonyl (C=O) groups excluding carboxylic acids is 1. The molecule has 0 atom stereocenters. The summed E-state index contributed by atoms with van der Waals surface area (Å²) in [6.45, 7) is 8.09. The van der Waals surface area contributed by atoms with Gasteiger partial charge in [0.05, 0.1) is 20.8 Å². The minimum atomic E-state index is -0.384. The molecule has 4 nitrogen and oxygen atoms in total. The smallest absolute Gasteiger partial charge is 0.331 e. The van der Waals surface area contributed by atoms with Crippen LogP contribution >= 0.6 is 0 Å². The van der Waals surface area contributed by atoms with Gasteiger partial charge in [0.2, 0.25) is 0 Å². The molecule has 0 unspecified atom stereocenters. The molecule has 0 aliphatic heterocycles. The topological polar surface area (TPSA) is 44.8 Å². The Balaban J connectivity index is 2.85. The van der Waals surface area contributed by atoms with Crippen LogP contribution in [0.2, 0.25) is 0 Å². The maximum absolute atomic E-state index is 12.2. The quantitative estimate of drug-likeness (QED) is 0.561. The summed E-state index contributed by atoms with van der Waals surface area (Å²) in [5.41, 5.74) is 5.43. The number of benzene rings is 2. The zero-order valence-corrected chi connectivity index (χ0v) is 16.3. The molecule has 0 bridgehead atoms. The van der Waals surface area contributed by atoms with E-state index in [4.69, 9.17) is 14.2 Å². The van der Waals surface area contributed by atoms with Gasteiger partial charge in [-0.2, -0.15) is 0 Å². The van der Waals surface area contributed by atoms with Crippen molar-refractivity contribution in [2.45, 2.75) is 27.7 Å². The monoisotopic (exact) mass is 354 g/mol. The van der Waals surface area contributed by atoms with Gasteiger partial charge in [-0.1, -0.05) is 30.3 Å². The molecule has 0 aliphatic carbocycles. The minimum Gasteiger partial charge on any atom is -0.496 e. The van der Waals surface area contributed by atoms with Gasteiger partial charge < -0.3 is 14.2 Å². The highest BCUT2D eigenvalue weighted by Gasteiger charge is 2.23. The van der Waals surface area contributed by atoms with Gasteiger partial charge in [0, 0.05) is 22.8 Å². The number of esters is 1. The standard InChI is InChI=1S/C22H26O4/c1-7-26-19(23)13-18(17-11-9-8-10-12-17)20-16(4)21(24-5)14(2)15(3)22(20)25-6/h8-13H,7H2,1-6H3/b18-13-. The average Bonchev–Trinajstić information content (AvgIpc) is 2.64. The van der Waals surface area contributed by atoms with E-state index in [1.54, 1.807) is 21.1 Å². The van der Waals surface area contributed by atoms with Gasteiger partial charge in [0.1, 0.15) is 11.5 Å². The largest absolute Gasteiger partial charge is 0.496 e. The molecular formula is C22H26O4. The van der Waals surface area contributed by atoms with Gasteiger partial charge in [-0.15, -0.1) is 0 Å². The molecule has 2 aromatic carbocycles. The summed E-state index contributed by atoms with van der Waals surface area (Å²) in [6.07, 6.45) is 1.53. The van der Waals surface area contributed by atoms with E-state index in [1.807, 2.05) is 51.1 Å². The summed E-state index contributed by atoms with van der Waals surface area (Å²) in [6, 6.07) is 9.75. The highest BCUT2D eigenvalue weighted by Crippen LogP contribution is 2.43. The molecule has 0 aliphatic rings. The minimum absolute atomic E-state index is 0.323. The SMILES string of the molecule is CCOC(=O)/C=C(/c1ccccc1)c1c(C)c(OC)c(C)c(C)c1OC. The Morgan fingerprint density at radius 3 is 2.04 bits per heavy atom. The van der Waals surface area contributed by atoms with Crippen LogP contribution in [0.1, 0.15) is 34.7 Å². The lowest BCUT2D eigenvalue weighted by Gasteiger charge is -2.22. The maximum atomic E-state index is 12.2. The molecule has 2 rings (SSSR count). The first kappa shape index (κ1) is 19.6. The third-order valence-electron chi connectivity index (χ3n) is 4.50. The van der Waals surface area contributed by atoms with Crippen molar-refractivity contribution in [2.75, 3.05) is 20.8 Å². The fraction of sp³-hybridized carbons (Fsp3) is 0.318. The van der Waals surface area contributed by atoms with E-state index in [2.05, 4.69) is 0 Å². The number of hydrogen-bond donors (Lipinski definition) is 0. The molecule has 138 valence electrons. The molecule has 0 aromatic heterocycles. The van der Waals surface area contributed by atoms with Crippen molar-refractivity contribution in [3.8, 4) is 11.5 Å². The molecule has 0 saturated carbocycles. The average molecular weight is 354 g/mol. The van der Waals surface area contributed by atoms with Crippen LogP contribution in [0.25, 0.3) is 5.57 Å². The highest BCUT2D eigenvalue weighted by atomic mass is 16.5. The Morgan fingerprint density at radius 2 is 1.50 bits per heavy atom. The molecule has 2 aromatic rings. The summed E-state index contributed by atoms with van der Waals surface area (Å²) in [5, 5.41) is 0. The second-order valence-electron chi connectivity index (χ2n) is 5.99. The maximum Gasteiger partial charge on any atom is 0.331 e. The van der Waals surface area contributed by atoms with Crippen LogP contribution in [-0.2, 0) is 9.53 Å². The van der Waals surface area contributed by atoms with Crippen molar-refractivity contribution in [1.82, 2.24) is 0 Å². The lowest BCUT2D eigenvalue weighted by molar-refractivity contribution is -0.137. The third-order valence-corrected chi connectivity index (χ3v) is 4.50. The van der Waals surface area contributed by atoms with E-state index in [1.165, 1.54) is 6.08 Å². The Bertz CT molecular complexity index is 820. The lowest BCUT2D eigenvalue weighted by atomic mass is 9.89. The second kappa shape index (κ2) is 8.56. The highest BCUT2D eigenvalue weighted by molar-refractivity contribution is 5.98. The van der Waals surface area contributed by atoms with Crippen LogP contribution < -0.4 is 9.47 Å². The number of rotatable bonds is 6. The number of carbonyl (C=O) groups is 1. The Kier molecular flexibility index (Phi) is 6.45. The van der Waals surface area contributed by atoms with Crippen LogP contribution in [0.4, 0.5) is 0 Å². The zero-order valence-electron chi connectivity index (χ0n) is 16.3. The number of methoxy groups -OCH3 is 2. The molecule has 26 heavy (non-hydrogen) atoms. The van der Waals surface area contributed by atoms with Crippen molar-refractivity contribution >= 4 is 11.5 Å². The van der Waals surface area contributed by atoms with Crippen LogP contribution in [-0.4, -0.2) is 26.8 Å². The Labute approximate surface area is 155 Å². The zero-order chi connectivity index (χ0) is 19.3. The molecule has 0 spiro atoms. The van der Waals surface area contributed by atoms with Crippen molar-refractivity contribution in [1.29, 1.82) is 0 Å². The molecule has 0 amide bonds. The van der Waals surface area contributed by atoms with Crippen LogP contribution in [0.3, 0.4) is 0 Å². The van der Waals surface area contributed by atoms with E-state index in [0.717, 1.165) is 44.9 Å². The van der Waals surface area contributed by atoms with Crippen molar-refractivity contribution < 1.29 is 19.0 Å². The van der Waals surface area contributed by atoms with E-state index in [9.17, 15) is 4.79 Å². The van der Waals surface area contributed by atoms with Gasteiger partial charge in [-0.3, -0.25) is 0 Å². The fourth-order valence-electron chi connectivity index (χ4n) is 3.20. The van der Waals surface area contributed by atoms with Crippen molar-refractivity contribution in [3.05, 3.63) is 64.2 Å². The van der Waals surface area contributed by atoms with Gasteiger partial charge >= 0.3 is 5.97 Å². The van der Waals surface area contributed by atoms with Crippen LogP contribution in [0.5, 0.6) is 11.5 Å². The van der Waals surface area contributed by atoms with Gasteiger partial charge in [0.15, 0.2) is 0 Å². The van der Waals surface area contributed by atoms with E-state index in [-0.39, 0.29) is 5.97 Å². The van der Waals surface area contributed by atoms with Gasteiger partial charge in [-0.25, -0.2) is 4.79 Å². The molecular weight excluding hydrogens is 328 g/mol. The first-order chi connectivity index (χ1) is 12.5. The summed E-state index contributed by atoms with van der Waals surface area (Å²) >= 11 is 0. The van der Waals surface area contributed by atoms with Gasteiger partial charge in [0.25, 0.3) is 0 Å². The number of hydrogen-bond acceptors (Lipinski definition) is 4. The van der Waals surface area contributed by atoms with Crippen molar-refractivity contribution in [3.63, 3.8) is 0 Å². The van der Waals surface area contributed by atoms with E-state index < -0.39 is 0 Å². The molecule has 0 saturated heterocycles. The molecule has 0 radical (unpaired) electrons. The molecule has 0 heterocycles. The predicted molar refractivity (Wildman–Crippen MR) is 104 cm³/mol. The summed E-state index contributed by atoms with van der Waals surface area (Å²) < 4.78 is 16.5. The molecule has 4 heteroatoms. The predicted octanol–water partition coefficient (Wildman–Crippen LogP) is 4.62. The third kappa shape index (κ3) is 3.74. The summed E-state index contributed by atoms with van der Waals surface area (Å²) in [5.74, 6) is 1.15. The van der Waals surface area contributed by atoms with E-state index in [0.29, 0.717) is 6.61 Å². The van der Waals surface area contributed by atoms with Crippen LogP contribution in [0, 0.1) is 20.8 Å². The Morgan fingerprint density at radius 1 is 0.923 bits per heavy atom. The molecule has 0 fully saturated rings. The lowest BCUT2D eigenvalue weighted by Crippen LogP contribution is -2.07. The fourth-order valence-corrected chi connectivity index (χ4v) is 3.20. The van der Waals surface area contributed by atoms with Crippen molar-refractivity contribution in [2.24, 2.45) is 0 Å². The molecule has 0 N–H and O–H groups in total. The first-order valence-electron chi connectivity index (χ1n) is 8.62. The summed E-state index contributed by atoms with van der Waals surface area (Å²) in [7, 11) is 3.30. The summed E-state index contributed by atoms with van der Waals surface area (Å²) in [4.78, 5) is 12.2. The van der Waals surface area contributed by atoms with Crippen LogP contribution in [0.15, 0.2) is 36.4 Å². The van der Waals surface area contributed by atoms with E-state index >= 15 is 0 Å². The normalized spacial score (nSPS) is 11.2.